The molecule has 5 rings (SSSR count). The molecule has 0 saturated carbocycles. The van der Waals surface area contributed by atoms with E-state index < -0.39 is 5.91 Å². The van der Waals surface area contributed by atoms with E-state index in [0.717, 1.165) is 54.2 Å². The molecule has 0 bridgehead atoms. The maximum atomic E-state index is 12.6. The van der Waals surface area contributed by atoms with Gasteiger partial charge in [0.2, 0.25) is 0 Å². The van der Waals surface area contributed by atoms with Crippen LogP contribution in [0, 0.1) is 0 Å². The summed E-state index contributed by atoms with van der Waals surface area (Å²) in [5.41, 5.74) is 3.41. The summed E-state index contributed by atoms with van der Waals surface area (Å²) < 4.78 is 5.66. The highest BCUT2D eigenvalue weighted by atomic mass is 16.6. The molecular weight excluding hydrogens is 408 g/mol. The van der Waals surface area contributed by atoms with Gasteiger partial charge in [-0.25, -0.2) is 4.79 Å². The highest BCUT2D eigenvalue weighted by Crippen LogP contribution is 2.37. The number of imide groups is 1. The number of carbonyl (C=O) groups is 3. The minimum absolute atomic E-state index is 0.353. The van der Waals surface area contributed by atoms with Crippen molar-refractivity contribution in [3.63, 3.8) is 0 Å². The Labute approximate surface area is 185 Å². The lowest BCUT2D eigenvalue weighted by molar-refractivity contribution is 0.0880. The van der Waals surface area contributed by atoms with Gasteiger partial charge in [-0.2, -0.15) is 0 Å². The third-order valence-electron chi connectivity index (χ3n) is 6.28. The van der Waals surface area contributed by atoms with Gasteiger partial charge in [0.25, 0.3) is 11.8 Å². The molecule has 32 heavy (non-hydrogen) atoms. The van der Waals surface area contributed by atoms with Crippen molar-refractivity contribution in [1.82, 2.24) is 20.1 Å². The van der Waals surface area contributed by atoms with Crippen molar-refractivity contribution in [2.75, 3.05) is 33.7 Å². The number of benzene rings is 2. The van der Waals surface area contributed by atoms with E-state index in [1.165, 1.54) is 0 Å². The summed E-state index contributed by atoms with van der Waals surface area (Å²) in [6.07, 6.45) is 3.48. The van der Waals surface area contributed by atoms with E-state index in [4.69, 9.17) is 4.74 Å². The van der Waals surface area contributed by atoms with Gasteiger partial charge in [0.1, 0.15) is 5.75 Å². The fourth-order valence-corrected chi connectivity index (χ4v) is 4.62. The van der Waals surface area contributed by atoms with Crippen LogP contribution < -0.4 is 10.1 Å². The number of aromatic amines is 1. The molecule has 0 atom stereocenters. The summed E-state index contributed by atoms with van der Waals surface area (Å²) in [7, 11) is 3.99. The van der Waals surface area contributed by atoms with Crippen molar-refractivity contribution < 1.29 is 19.1 Å². The number of piperidine rings is 1. The normalized spacial score (nSPS) is 16.2. The average Bonchev–Trinajstić information content (AvgIpc) is 3.29. The maximum Gasteiger partial charge on any atom is 0.415 e. The second-order valence-electron chi connectivity index (χ2n) is 8.79. The second kappa shape index (κ2) is 7.94. The molecule has 3 amide bonds. The summed E-state index contributed by atoms with van der Waals surface area (Å²) >= 11 is 0. The molecule has 1 saturated heterocycles. The van der Waals surface area contributed by atoms with E-state index in [0.29, 0.717) is 35.4 Å². The molecule has 0 spiro atoms. The molecule has 0 aliphatic carbocycles. The molecule has 3 aromatic rings. The van der Waals surface area contributed by atoms with Crippen molar-refractivity contribution in [3.05, 3.63) is 41.0 Å². The molecule has 8 nitrogen and oxygen atoms in total. The van der Waals surface area contributed by atoms with Crippen LogP contribution in [0.15, 0.2) is 24.3 Å². The predicted octanol–water partition coefficient (Wildman–Crippen LogP) is 3.29. The highest BCUT2D eigenvalue weighted by molar-refractivity contribution is 6.30. The minimum atomic E-state index is -0.397. The van der Waals surface area contributed by atoms with Crippen molar-refractivity contribution >= 4 is 39.7 Å². The van der Waals surface area contributed by atoms with Gasteiger partial charge in [0, 0.05) is 35.9 Å². The zero-order valence-electron chi connectivity index (χ0n) is 18.3. The van der Waals surface area contributed by atoms with Gasteiger partial charge in [0.05, 0.1) is 16.6 Å². The van der Waals surface area contributed by atoms with Crippen LogP contribution >= 0.6 is 0 Å². The van der Waals surface area contributed by atoms with Gasteiger partial charge in [-0.1, -0.05) is 0 Å². The van der Waals surface area contributed by atoms with Gasteiger partial charge in [0.15, 0.2) is 0 Å². The van der Waals surface area contributed by atoms with Gasteiger partial charge in [-0.3, -0.25) is 14.9 Å². The number of nitrogens with one attached hydrogen (secondary N) is 2. The number of aromatic nitrogens is 1. The fourth-order valence-electron chi connectivity index (χ4n) is 4.62. The quantitative estimate of drug-likeness (QED) is 0.615. The molecule has 0 unspecified atom stereocenters. The summed E-state index contributed by atoms with van der Waals surface area (Å²) in [5.74, 6) is -0.350. The first-order valence-electron chi connectivity index (χ1n) is 11.0. The standard InChI is InChI=1S/C24H26N4O4/c1-27(2)11-8-14-12-17-20(23(30)26-22(17)29)19-16-13-15(6-7-18(16)25-21(14)19)32-24(31)28-9-4-3-5-10-28/h6-7,12-13,25H,3-5,8-11H2,1-2H3,(H,26,29,30). The summed E-state index contributed by atoms with van der Waals surface area (Å²) in [5, 5.41) is 3.88. The zero-order chi connectivity index (χ0) is 22.4. The van der Waals surface area contributed by atoms with E-state index in [2.05, 4.69) is 15.2 Å². The fraction of sp³-hybridized carbons (Fsp3) is 0.375. The number of hydrogen-bond donors (Lipinski definition) is 2. The Morgan fingerprint density at radius 1 is 1.09 bits per heavy atom. The summed E-state index contributed by atoms with van der Waals surface area (Å²) in [4.78, 5) is 44.9. The Kier molecular flexibility index (Phi) is 5.09. The first kappa shape index (κ1) is 20.5. The van der Waals surface area contributed by atoms with Crippen LogP contribution in [0.4, 0.5) is 4.79 Å². The van der Waals surface area contributed by atoms with Crippen LogP contribution in [0.25, 0.3) is 21.8 Å². The molecule has 1 fully saturated rings. The predicted molar refractivity (Wildman–Crippen MR) is 121 cm³/mol. The number of amides is 3. The first-order chi connectivity index (χ1) is 15.4. The Morgan fingerprint density at radius 2 is 1.88 bits per heavy atom. The molecule has 1 aromatic heterocycles. The van der Waals surface area contributed by atoms with E-state index >= 15 is 0 Å². The van der Waals surface area contributed by atoms with Crippen molar-refractivity contribution in [2.24, 2.45) is 0 Å². The minimum Gasteiger partial charge on any atom is -0.410 e. The largest absolute Gasteiger partial charge is 0.415 e. The number of fused-ring (bicyclic) bond motifs is 5. The Bertz CT molecular complexity index is 1250. The van der Waals surface area contributed by atoms with Crippen LogP contribution in [0.1, 0.15) is 45.5 Å². The highest BCUT2D eigenvalue weighted by Gasteiger charge is 2.32. The number of hydrogen-bond acceptors (Lipinski definition) is 5. The number of likely N-dealkylation sites (N-methyl/N-ethyl adjacent to an activating group) is 1. The number of carbonyl (C=O) groups excluding carboxylic acids is 3. The van der Waals surface area contributed by atoms with Crippen molar-refractivity contribution in [2.45, 2.75) is 25.7 Å². The maximum absolute atomic E-state index is 12.6. The van der Waals surface area contributed by atoms with E-state index in [1.54, 1.807) is 17.0 Å². The van der Waals surface area contributed by atoms with Crippen LogP contribution in [0.3, 0.4) is 0 Å². The van der Waals surface area contributed by atoms with E-state index in [1.807, 2.05) is 26.2 Å². The third-order valence-corrected chi connectivity index (χ3v) is 6.28. The summed E-state index contributed by atoms with van der Waals surface area (Å²) in [6.45, 7) is 2.22. The Balaban J connectivity index is 1.61. The van der Waals surface area contributed by atoms with Crippen LogP contribution in [0.2, 0.25) is 0 Å². The lowest BCUT2D eigenvalue weighted by Gasteiger charge is -2.25. The Morgan fingerprint density at radius 3 is 2.62 bits per heavy atom. The monoisotopic (exact) mass is 434 g/mol. The topological polar surface area (TPSA) is 94.7 Å². The Hall–Kier alpha value is -3.39. The second-order valence-corrected chi connectivity index (χ2v) is 8.79. The summed E-state index contributed by atoms with van der Waals surface area (Å²) in [6, 6.07) is 7.20. The number of likely N-dealkylation sites (tertiary alicyclic amines) is 1. The molecule has 166 valence electrons. The molecule has 0 radical (unpaired) electrons. The number of H-pyrrole nitrogens is 1. The van der Waals surface area contributed by atoms with Crippen molar-refractivity contribution in [3.8, 4) is 5.75 Å². The third kappa shape index (κ3) is 3.50. The molecule has 8 heteroatoms. The van der Waals surface area contributed by atoms with Gasteiger partial charge >= 0.3 is 6.09 Å². The average molecular weight is 434 g/mol. The molecular formula is C24H26N4O4. The van der Waals surface area contributed by atoms with Crippen LogP contribution in [0.5, 0.6) is 5.75 Å². The van der Waals surface area contributed by atoms with Crippen LogP contribution in [-0.2, 0) is 6.42 Å². The first-order valence-corrected chi connectivity index (χ1v) is 11.0. The number of ether oxygens (including phenoxy) is 1. The van der Waals surface area contributed by atoms with Gasteiger partial charge in [-0.05, 0) is 69.6 Å². The zero-order valence-corrected chi connectivity index (χ0v) is 18.3. The molecule has 2 aromatic carbocycles. The van der Waals surface area contributed by atoms with Crippen molar-refractivity contribution in [1.29, 1.82) is 0 Å². The van der Waals surface area contributed by atoms with E-state index in [9.17, 15) is 14.4 Å². The van der Waals surface area contributed by atoms with Gasteiger partial charge in [-0.15, -0.1) is 0 Å². The molecule has 3 heterocycles. The smallest absolute Gasteiger partial charge is 0.410 e. The lowest BCUT2D eigenvalue weighted by Crippen LogP contribution is -2.37. The SMILES string of the molecule is CN(C)CCc1cc2c(c3c1[nH]c1ccc(OC(=O)N4CCCCC4)cc13)C(=O)NC2=O. The number of rotatable bonds is 4. The molecule has 2 aliphatic rings. The van der Waals surface area contributed by atoms with Gasteiger partial charge < -0.3 is 19.5 Å². The number of nitrogens with zero attached hydrogens (tertiary/aromatic N) is 2. The van der Waals surface area contributed by atoms with Crippen LogP contribution in [-0.4, -0.2) is 66.4 Å². The van der Waals surface area contributed by atoms with E-state index in [-0.39, 0.29) is 12.0 Å². The molecule has 2 N–H and O–H groups in total. The molecule has 2 aliphatic heterocycles. The lowest BCUT2D eigenvalue weighted by atomic mass is 9.97.